The second kappa shape index (κ2) is 7.71. The van der Waals surface area contributed by atoms with Crippen molar-refractivity contribution in [2.45, 2.75) is 13.8 Å². The third-order valence-electron chi connectivity index (χ3n) is 2.16. The van der Waals surface area contributed by atoms with Crippen LogP contribution in [0.3, 0.4) is 0 Å². The molecule has 5 nitrogen and oxygen atoms in total. The molecule has 0 bridgehead atoms. The van der Waals surface area contributed by atoms with E-state index >= 15 is 0 Å². The predicted molar refractivity (Wildman–Crippen MR) is 60.8 cm³/mol. The van der Waals surface area contributed by atoms with Crippen molar-refractivity contribution in [2.24, 2.45) is 5.92 Å². The van der Waals surface area contributed by atoms with Crippen molar-refractivity contribution in [1.29, 1.82) is 0 Å². The quantitative estimate of drug-likeness (QED) is 0.589. The van der Waals surface area contributed by atoms with Crippen LogP contribution in [0.2, 0.25) is 0 Å². The third-order valence-corrected chi connectivity index (χ3v) is 2.16. The first-order valence-corrected chi connectivity index (χ1v) is 5.16. The fourth-order valence-electron chi connectivity index (χ4n) is 1.18. The van der Waals surface area contributed by atoms with Crippen molar-refractivity contribution in [3.63, 3.8) is 0 Å². The summed E-state index contributed by atoms with van der Waals surface area (Å²) < 4.78 is 0. The van der Waals surface area contributed by atoms with E-state index in [9.17, 15) is 9.59 Å². The van der Waals surface area contributed by atoms with Crippen LogP contribution in [0.1, 0.15) is 13.8 Å². The summed E-state index contributed by atoms with van der Waals surface area (Å²) in [7, 11) is 0. The monoisotopic (exact) mass is 226 g/mol. The standard InChI is InChI=1S/C11H18N2O3/c1-4-6-12-10(14)8-13(5-2)7-9(3)11(15)16/h1,9H,5-8H2,2-3H3,(H,12,14)(H,15,16). The number of carbonyl (C=O) groups is 2. The summed E-state index contributed by atoms with van der Waals surface area (Å²) in [6.45, 7) is 4.85. The molecule has 5 heteroatoms. The number of nitrogens with one attached hydrogen (secondary N) is 1. The second-order valence-corrected chi connectivity index (χ2v) is 3.55. The van der Waals surface area contributed by atoms with Gasteiger partial charge in [0.1, 0.15) is 0 Å². The molecule has 0 aliphatic rings. The van der Waals surface area contributed by atoms with Gasteiger partial charge in [-0.25, -0.2) is 0 Å². The summed E-state index contributed by atoms with van der Waals surface area (Å²) in [5.74, 6) is 0.777. The van der Waals surface area contributed by atoms with Gasteiger partial charge in [0, 0.05) is 6.54 Å². The molecular formula is C11H18N2O3. The smallest absolute Gasteiger partial charge is 0.307 e. The highest BCUT2D eigenvalue weighted by Crippen LogP contribution is 1.99. The van der Waals surface area contributed by atoms with E-state index in [1.807, 2.05) is 6.92 Å². The fourth-order valence-corrected chi connectivity index (χ4v) is 1.18. The summed E-state index contributed by atoms with van der Waals surface area (Å²) in [5.41, 5.74) is 0. The molecule has 0 spiro atoms. The number of likely N-dealkylation sites (N-methyl/N-ethyl adjacent to an activating group) is 1. The average molecular weight is 226 g/mol. The van der Waals surface area contributed by atoms with E-state index in [2.05, 4.69) is 11.2 Å². The van der Waals surface area contributed by atoms with Crippen LogP contribution < -0.4 is 5.32 Å². The van der Waals surface area contributed by atoms with Gasteiger partial charge in [0.2, 0.25) is 5.91 Å². The molecule has 0 aromatic rings. The number of rotatable bonds is 7. The van der Waals surface area contributed by atoms with Gasteiger partial charge < -0.3 is 10.4 Å². The molecule has 0 heterocycles. The van der Waals surface area contributed by atoms with Gasteiger partial charge in [-0.2, -0.15) is 0 Å². The van der Waals surface area contributed by atoms with Crippen molar-refractivity contribution in [3.8, 4) is 12.3 Å². The van der Waals surface area contributed by atoms with Crippen LogP contribution in [0, 0.1) is 18.3 Å². The van der Waals surface area contributed by atoms with Gasteiger partial charge in [0.15, 0.2) is 0 Å². The molecule has 1 unspecified atom stereocenters. The summed E-state index contributed by atoms with van der Waals surface area (Å²) in [6, 6.07) is 0. The number of hydrogen-bond donors (Lipinski definition) is 2. The highest BCUT2D eigenvalue weighted by Gasteiger charge is 2.16. The normalized spacial score (nSPS) is 11.9. The average Bonchev–Trinajstić information content (AvgIpc) is 2.24. The Morgan fingerprint density at radius 2 is 2.19 bits per heavy atom. The Morgan fingerprint density at radius 3 is 2.62 bits per heavy atom. The summed E-state index contributed by atoms with van der Waals surface area (Å²) in [4.78, 5) is 23.8. The largest absolute Gasteiger partial charge is 0.481 e. The van der Waals surface area contributed by atoms with Crippen molar-refractivity contribution in [2.75, 3.05) is 26.2 Å². The number of terminal acetylenes is 1. The number of aliphatic carboxylic acids is 1. The Kier molecular flexibility index (Phi) is 6.97. The molecule has 0 aromatic carbocycles. The highest BCUT2D eigenvalue weighted by molar-refractivity contribution is 5.78. The molecule has 0 fully saturated rings. The fraction of sp³-hybridized carbons (Fsp3) is 0.636. The molecule has 16 heavy (non-hydrogen) atoms. The zero-order valence-corrected chi connectivity index (χ0v) is 9.69. The second-order valence-electron chi connectivity index (χ2n) is 3.55. The number of carbonyl (C=O) groups excluding carboxylic acids is 1. The van der Waals surface area contributed by atoms with Crippen LogP contribution in [-0.2, 0) is 9.59 Å². The maximum atomic E-state index is 11.3. The van der Waals surface area contributed by atoms with E-state index < -0.39 is 11.9 Å². The van der Waals surface area contributed by atoms with Crippen LogP contribution in [-0.4, -0.2) is 48.1 Å². The molecule has 90 valence electrons. The zero-order chi connectivity index (χ0) is 12.6. The van der Waals surface area contributed by atoms with Gasteiger partial charge in [0.05, 0.1) is 19.0 Å². The maximum absolute atomic E-state index is 11.3. The van der Waals surface area contributed by atoms with Crippen molar-refractivity contribution >= 4 is 11.9 Å². The third kappa shape index (κ3) is 6.04. The van der Waals surface area contributed by atoms with Gasteiger partial charge in [0.25, 0.3) is 0 Å². The lowest BCUT2D eigenvalue weighted by atomic mass is 10.1. The number of carboxylic acids is 1. The van der Waals surface area contributed by atoms with Gasteiger partial charge in [-0.3, -0.25) is 14.5 Å². The van der Waals surface area contributed by atoms with Crippen LogP contribution in [0.4, 0.5) is 0 Å². The summed E-state index contributed by atoms with van der Waals surface area (Å²) in [6.07, 6.45) is 5.00. The topological polar surface area (TPSA) is 69.6 Å². The lowest BCUT2D eigenvalue weighted by molar-refractivity contribution is -0.142. The highest BCUT2D eigenvalue weighted by atomic mass is 16.4. The summed E-state index contributed by atoms with van der Waals surface area (Å²) in [5, 5.41) is 11.3. The van der Waals surface area contributed by atoms with Crippen LogP contribution >= 0.6 is 0 Å². The lowest BCUT2D eigenvalue weighted by Crippen LogP contribution is -2.40. The van der Waals surface area contributed by atoms with E-state index in [0.717, 1.165) is 0 Å². The number of carboxylic acid groups (broad SMARTS) is 1. The van der Waals surface area contributed by atoms with Crippen LogP contribution in [0.15, 0.2) is 0 Å². The van der Waals surface area contributed by atoms with E-state index in [0.29, 0.717) is 13.1 Å². The molecule has 1 amide bonds. The first-order chi connectivity index (χ1) is 7.51. The molecule has 0 rings (SSSR count). The molecule has 1 atom stereocenters. The minimum absolute atomic E-state index is 0.176. The lowest BCUT2D eigenvalue weighted by Gasteiger charge is -2.21. The Balaban J connectivity index is 4.05. The van der Waals surface area contributed by atoms with Crippen LogP contribution in [0.25, 0.3) is 0 Å². The van der Waals surface area contributed by atoms with Crippen LogP contribution in [0.5, 0.6) is 0 Å². The van der Waals surface area contributed by atoms with E-state index in [4.69, 9.17) is 11.5 Å². The number of hydrogen-bond acceptors (Lipinski definition) is 3. The molecular weight excluding hydrogens is 208 g/mol. The van der Waals surface area contributed by atoms with E-state index in [1.54, 1.807) is 11.8 Å². The summed E-state index contributed by atoms with van der Waals surface area (Å²) >= 11 is 0. The van der Waals surface area contributed by atoms with Gasteiger partial charge >= 0.3 is 5.97 Å². The molecule has 0 aromatic heterocycles. The van der Waals surface area contributed by atoms with Crippen molar-refractivity contribution < 1.29 is 14.7 Å². The van der Waals surface area contributed by atoms with Gasteiger partial charge in [-0.15, -0.1) is 6.42 Å². The Labute approximate surface area is 95.8 Å². The first kappa shape index (κ1) is 14.5. The SMILES string of the molecule is C#CCNC(=O)CN(CC)CC(C)C(=O)O. The Bertz CT molecular complexity index is 283. The zero-order valence-electron chi connectivity index (χ0n) is 9.69. The molecule has 2 N–H and O–H groups in total. The minimum Gasteiger partial charge on any atom is -0.481 e. The molecule has 0 radical (unpaired) electrons. The first-order valence-electron chi connectivity index (χ1n) is 5.16. The van der Waals surface area contributed by atoms with E-state index in [1.165, 1.54) is 0 Å². The Hall–Kier alpha value is -1.54. The molecule has 0 saturated carbocycles. The predicted octanol–water partition coefficient (Wildman–Crippen LogP) is -0.222. The Morgan fingerprint density at radius 1 is 1.56 bits per heavy atom. The van der Waals surface area contributed by atoms with Gasteiger partial charge in [-0.1, -0.05) is 19.8 Å². The van der Waals surface area contributed by atoms with E-state index in [-0.39, 0.29) is 19.0 Å². The number of nitrogens with zero attached hydrogens (tertiary/aromatic N) is 1. The van der Waals surface area contributed by atoms with Crippen molar-refractivity contribution in [3.05, 3.63) is 0 Å². The molecule has 0 aliphatic carbocycles. The minimum atomic E-state index is -0.859. The number of amides is 1. The molecule has 0 saturated heterocycles. The van der Waals surface area contributed by atoms with Crippen molar-refractivity contribution in [1.82, 2.24) is 10.2 Å². The molecule has 0 aliphatic heterocycles. The maximum Gasteiger partial charge on any atom is 0.307 e. The van der Waals surface area contributed by atoms with Gasteiger partial charge in [-0.05, 0) is 6.54 Å².